The SMILES string of the molecule is COc1cccc(N2CCN(C(=O)Cc3ccc4c(c3)OCCO4)CC2)c1. The molecule has 6 nitrogen and oxygen atoms in total. The molecule has 2 aliphatic rings. The molecule has 1 fully saturated rings. The first-order valence-electron chi connectivity index (χ1n) is 9.28. The number of hydrogen-bond acceptors (Lipinski definition) is 5. The van der Waals surface area contributed by atoms with Gasteiger partial charge in [0.15, 0.2) is 11.5 Å². The van der Waals surface area contributed by atoms with Crippen LogP contribution in [0.15, 0.2) is 42.5 Å². The van der Waals surface area contributed by atoms with Crippen molar-refractivity contribution in [2.45, 2.75) is 6.42 Å². The number of amides is 1. The molecular formula is C21H24N2O4. The summed E-state index contributed by atoms with van der Waals surface area (Å²) in [6.45, 7) is 4.21. The van der Waals surface area contributed by atoms with Gasteiger partial charge in [0.1, 0.15) is 19.0 Å². The number of hydrogen-bond donors (Lipinski definition) is 0. The van der Waals surface area contributed by atoms with Gasteiger partial charge in [0.25, 0.3) is 0 Å². The molecule has 0 saturated carbocycles. The lowest BCUT2D eigenvalue weighted by Gasteiger charge is -2.36. The normalized spacial score (nSPS) is 16.2. The highest BCUT2D eigenvalue weighted by atomic mass is 16.6. The molecule has 6 heteroatoms. The number of benzene rings is 2. The predicted molar refractivity (Wildman–Crippen MR) is 103 cm³/mol. The number of anilines is 1. The van der Waals surface area contributed by atoms with E-state index in [2.05, 4.69) is 11.0 Å². The van der Waals surface area contributed by atoms with Crippen molar-refractivity contribution in [1.29, 1.82) is 0 Å². The Morgan fingerprint density at radius 1 is 1.00 bits per heavy atom. The minimum Gasteiger partial charge on any atom is -0.497 e. The van der Waals surface area contributed by atoms with E-state index in [0.717, 1.165) is 54.7 Å². The van der Waals surface area contributed by atoms with Gasteiger partial charge < -0.3 is 24.0 Å². The van der Waals surface area contributed by atoms with Gasteiger partial charge in [-0.05, 0) is 29.8 Å². The Balaban J connectivity index is 1.34. The number of rotatable bonds is 4. The number of piperazine rings is 1. The molecule has 2 heterocycles. The van der Waals surface area contributed by atoms with Crippen molar-refractivity contribution in [2.75, 3.05) is 51.4 Å². The lowest BCUT2D eigenvalue weighted by Crippen LogP contribution is -2.49. The lowest BCUT2D eigenvalue weighted by molar-refractivity contribution is -0.130. The molecule has 0 aromatic heterocycles. The van der Waals surface area contributed by atoms with E-state index < -0.39 is 0 Å². The fraction of sp³-hybridized carbons (Fsp3) is 0.381. The Kier molecular flexibility index (Phi) is 5.05. The largest absolute Gasteiger partial charge is 0.497 e. The summed E-state index contributed by atoms with van der Waals surface area (Å²) in [5.74, 6) is 2.49. The Hall–Kier alpha value is -2.89. The van der Waals surface area contributed by atoms with Crippen molar-refractivity contribution in [1.82, 2.24) is 4.90 Å². The fourth-order valence-corrected chi connectivity index (χ4v) is 3.51. The quantitative estimate of drug-likeness (QED) is 0.829. The summed E-state index contributed by atoms with van der Waals surface area (Å²) in [7, 11) is 1.67. The second kappa shape index (κ2) is 7.78. The lowest BCUT2D eigenvalue weighted by atomic mass is 10.1. The standard InChI is InChI=1S/C21H24N2O4/c1-25-18-4-2-3-17(15-18)22-7-9-23(10-8-22)21(24)14-16-5-6-19-20(13-16)27-12-11-26-19/h2-6,13,15H,7-12,14H2,1H3. The minimum atomic E-state index is 0.150. The van der Waals surface area contributed by atoms with Gasteiger partial charge in [0.2, 0.25) is 5.91 Å². The molecule has 0 radical (unpaired) electrons. The van der Waals surface area contributed by atoms with Crippen molar-refractivity contribution in [2.24, 2.45) is 0 Å². The Bertz CT molecular complexity index is 816. The molecule has 0 bridgehead atoms. The number of carbonyl (C=O) groups excluding carboxylic acids is 1. The van der Waals surface area contributed by atoms with Crippen LogP contribution >= 0.6 is 0 Å². The highest BCUT2D eigenvalue weighted by molar-refractivity contribution is 5.79. The van der Waals surface area contributed by atoms with Crippen LogP contribution in [0, 0.1) is 0 Å². The van der Waals surface area contributed by atoms with Gasteiger partial charge in [-0.25, -0.2) is 0 Å². The molecule has 142 valence electrons. The highest BCUT2D eigenvalue weighted by Crippen LogP contribution is 2.31. The predicted octanol–water partition coefficient (Wildman–Crippen LogP) is 2.36. The first kappa shape index (κ1) is 17.5. The minimum absolute atomic E-state index is 0.150. The summed E-state index contributed by atoms with van der Waals surface area (Å²) in [4.78, 5) is 16.9. The van der Waals surface area contributed by atoms with Crippen molar-refractivity contribution >= 4 is 11.6 Å². The number of fused-ring (bicyclic) bond motifs is 1. The first-order chi connectivity index (χ1) is 13.2. The average molecular weight is 368 g/mol. The molecule has 1 amide bonds. The van der Waals surface area contributed by atoms with Crippen LogP contribution in [0.5, 0.6) is 17.2 Å². The van der Waals surface area contributed by atoms with Crippen molar-refractivity contribution in [3.05, 3.63) is 48.0 Å². The van der Waals surface area contributed by atoms with Gasteiger partial charge in [-0.2, -0.15) is 0 Å². The van der Waals surface area contributed by atoms with E-state index in [4.69, 9.17) is 14.2 Å². The van der Waals surface area contributed by atoms with E-state index in [1.54, 1.807) is 7.11 Å². The van der Waals surface area contributed by atoms with Crippen LogP contribution in [0.2, 0.25) is 0 Å². The molecule has 2 aromatic carbocycles. The molecule has 27 heavy (non-hydrogen) atoms. The third-order valence-corrected chi connectivity index (χ3v) is 5.01. The zero-order valence-electron chi connectivity index (χ0n) is 15.5. The summed E-state index contributed by atoms with van der Waals surface area (Å²) in [5, 5.41) is 0. The maximum atomic E-state index is 12.7. The molecule has 0 spiro atoms. The molecule has 2 aromatic rings. The number of methoxy groups -OCH3 is 1. The third-order valence-electron chi connectivity index (χ3n) is 5.01. The van der Waals surface area contributed by atoms with E-state index in [9.17, 15) is 4.79 Å². The Labute approximate surface area is 159 Å². The summed E-state index contributed by atoms with van der Waals surface area (Å²) in [6.07, 6.45) is 0.385. The molecule has 1 saturated heterocycles. The van der Waals surface area contributed by atoms with E-state index in [1.807, 2.05) is 41.3 Å². The number of carbonyl (C=O) groups is 1. The van der Waals surface area contributed by atoms with Crippen LogP contribution in [-0.4, -0.2) is 57.3 Å². The maximum absolute atomic E-state index is 12.7. The average Bonchev–Trinajstić information content (AvgIpc) is 2.74. The van der Waals surface area contributed by atoms with Crippen LogP contribution in [0.1, 0.15) is 5.56 Å². The van der Waals surface area contributed by atoms with Gasteiger partial charge >= 0.3 is 0 Å². The zero-order chi connectivity index (χ0) is 18.6. The molecule has 2 aliphatic heterocycles. The van der Waals surface area contributed by atoms with Gasteiger partial charge in [-0.3, -0.25) is 4.79 Å². The Morgan fingerprint density at radius 2 is 1.78 bits per heavy atom. The monoisotopic (exact) mass is 368 g/mol. The van der Waals surface area contributed by atoms with Gasteiger partial charge in [0.05, 0.1) is 13.5 Å². The van der Waals surface area contributed by atoms with E-state index in [0.29, 0.717) is 19.6 Å². The number of nitrogens with zero attached hydrogens (tertiary/aromatic N) is 2. The molecule has 0 aliphatic carbocycles. The second-order valence-electron chi connectivity index (χ2n) is 6.72. The Morgan fingerprint density at radius 3 is 2.56 bits per heavy atom. The van der Waals surface area contributed by atoms with Crippen molar-refractivity contribution in [3.63, 3.8) is 0 Å². The summed E-state index contributed by atoms with van der Waals surface area (Å²) >= 11 is 0. The fourth-order valence-electron chi connectivity index (χ4n) is 3.51. The summed E-state index contributed by atoms with van der Waals surface area (Å²) < 4.78 is 16.4. The summed E-state index contributed by atoms with van der Waals surface area (Å²) in [5.41, 5.74) is 2.09. The smallest absolute Gasteiger partial charge is 0.227 e. The first-order valence-corrected chi connectivity index (χ1v) is 9.28. The van der Waals surface area contributed by atoms with Gasteiger partial charge in [-0.1, -0.05) is 12.1 Å². The molecule has 4 rings (SSSR count). The van der Waals surface area contributed by atoms with E-state index in [-0.39, 0.29) is 5.91 Å². The summed E-state index contributed by atoms with van der Waals surface area (Å²) in [6, 6.07) is 13.8. The van der Waals surface area contributed by atoms with Gasteiger partial charge in [0, 0.05) is 37.9 Å². The third kappa shape index (κ3) is 3.94. The zero-order valence-corrected chi connectivity index (χ0v) is 15.5. The van der Waals surface area contributed by atoms with Crippen LogP contribution in [0.4, 0.5) is 5.69 Å². The maximum Gasteiger partial charge on any atom is 0.227 e. The van der Waals surface area contributed by atoms with Crippen LogP contribution in [0.25, 0.3) is 0 Å². The second-order valence-corrected chi connectivity index (χ2v) is 6.72. The van der Waals surface area contributed by atoms with Crippen molar-refractivity contribution < 1.29 is 19.0 Å². The molecular weight excluding hydrogens is 344 g/mol. The molecule has 0 unspecified atom stereocenters. The van der Waals surface area contributed by atoms with Crippen LogP contribution < -0.4 is 19.1 Å². The van der Waals surface area contributed by atoms with Crippen LogP contribution in [-0.2, 0) is 11.2 Å². The highest BCUT2D eigenvalue weighted by Gasteiger charge is 2.22. The van der Waals surface area contributed by atoms with Crippen LogP contribution in [0.3, 0.4) is 0 Å². The van der Waals surface area contributed by atoms with Gasteiger partial charge in [-0.15, -0.1) is 0 Å². The van der Waals surface area contributed by atoms with E-state index in [1.165, 1.54) is 0 Å². The van der Waals surface area contributed by atoms with Crippen molar-refractivity contribution in [3.8, 4) is 17.2 Å². The topological polar surface area (TPSA) is 51.2 Å². The molecule has 0 atom stereocenters. The molecule has 0 N–H and O–H groups in total. The van der Waals surface area contributed by atoms with E-state index >= 15 is 0 Å². The number of ether oxygens (including phenoxy) is 3.